The van der Waals surface area contributed by atoms with Crippen molar-refractivity contribution >= 4 is 0 Å². The topological polar surface area (TPSA) is 74.2 Å². The summed E-state index contributed by atoms with van der Waals surface area (Å²) >= 11 is 0. The molecule has 0 bridgehead atoms. The van der Waals surface area contributed by atoms with E-state index in [9.17, 15) is 0 Å². The average molecular weight is 239 g/mol. The Morgan fingerprint density at radius 3 is 2.76 bits per heavy atom. The minimum atomic E-state index is -0.286. The van der Waals surface area contributed by atoms with Gasteiger partial charge in [-0.05, 0) is 31.7 Å². The summed E-state index contributed by atoms with van der Waals surface area (Å²) in [5.74, 6) is 1.80. The smallest absolute Gasteiger partial charge is 0.227 e. The van der Waals surface area contributed by atoms with E-state index in [1.165, 1.54) is 0 Å². The maximum Gasteiger partial charge on any atom is 0.227 e. The second-order valence-corrected chi connectivity index (χ2v) is 4.78. The molecule has 1 aliphatic rings. The van der Waals surface area contributed by atoms with Crippen LogP contribution in [0.4, 0.5) is 0 Å². The van der Waals surface area contributed by atoms with E-state index in [-0.39, 0.29) is 5.60 Å². The van der Waals surface area contributed by atoms with E-state index in [1.807, 2.05) is 0 Å². The van der Waals surface area contributed by atoms with Crippen molar-refractivity contribution in [2.45, 2.75) is 44.6 Å². The molecule has 1 heterocycles. The van der Waals surface area contributed by atoms with Crippen molar-refractivity contribution in [2.24, 2.45) is 11.7 Å². The number of nitrogens with two attached hydrogens (primary N) is 1. The Kier molecular flexibility index (Phi) is 3.79. The van der Waals surface area contributed by atoms with E-state index in [0.717, 1.165) is 32.1 Å². The van der Waals surface area contributed by atoms with Gasteiger partial charge in [-0.25, -0.2) is 0 Å². The van der Waals surface area contributed by atoms with Gasteiger partial charge in [-0.15, -0.1) is 0 Å². The van der Waals surface area contributed by atoms with Gasteiger partial charge < -0.3 is 15.0 Å². The van der Waals surface area contributed by atoms with Crippen molar-refractivity contribution in [1.82, 2.24) is 10.1 Å². The third-order valence-corrected chi connectivity index (χ3v) is 3.80. The molecular formula is C12H21N3O2. The molecule has 1 aliphatic carbocycles. The largest absolute Gasteiger partial charge is 0.370 e. The number of aromatic nitrogens is 2. The molecule has 0 aliphatic heterocycles. The maximum absolute atomic E-state index is 5.67. The Morgan fingerprint density at radius 2 is 2.29 bits per heavy atom. The monoisotopic (exact) mass is 239 g/mol. The first-order chi connectivity index (χ1) is 8.24. The molecule has 2 rings (SSSR count). The van der Waals surface area contributed by atoms with Crippen LogP contribution in [0.25, 0.3) is 0 Å². The molecule has 0 saturated heterocycles. The van der Waals surface area contributed by atoms with Gasteiger partial charge in [0, 0.05) is 13.5 Å². The van der Waals surface area contributed by atoms with Gasteiger partial charge in [0.05, 0.1) is 0 Å². The second-order valence-electron chi connectivity index (χ2n) is 4.78. The quantitative estimate of drug-likeness (QED) is 0.816. The number of hydrogen-bond acceptors (Lipinski definition) is 5. The fraction of sp³-hybridized carbons (Fsp3) is 0.833. The molecule has 1 saturated carbocycles. The van der Waals surface area contributed by atoms with E-state index in [0.29, 0.717) is 24.2 Å². The Hall–Kier alpha value is -0.940. The van der Waals surface area contributed by atoms with Crippen LogP contribution in [0.2, 0.25) is 0 Å². The molecule has 96 valence electrons. The van der Waals surface area contributed by atoms with Crippen molar-refractivity contribution in [3.8, 4) is 0 Å². The highest BCUT2D eigenvalue weighted by atomic mass is 16.5. The van der Waals surface area contributed by atoms with E-state index in [2.05, 4.69) is 17.1 Å². The van der Waals surface area contributed by atoms with Crippen LogP contribution >= 0.6 is 0 Å². The van der Waals surface area contributed by atoms with Crippen molar-refractivity contribution in [1.29, 1.82) is 0 Å². The van der Waals surface area contributed by atoms with Crippen molar-refractivity contribution in [3.63, 3.8) is 0 Å². The van der Waals surface area contributed by atoms with Gasteiger partial charge >= 0.3 is 0 Å². The van der Waals surface area contributed by atoms with Crippen LogP contribution in [-0.4, -0.2) is 23.8 Å². The summed E-state index contributed by atoms with van der Waals surface area (Å²) in [6.07, 6.45) is 4.93. The van der Waals surface area contributed by atoms with Crippen LogP contribution in [-0.2, 0) is 16.8 Å². The number of rotatable bonds is 6. The molecule has 1 aromatic heterocycles. The van der Waals surface area contributed by atoms with Crippen molar-refractivity contribution < 1.29 is 9.26 Å². The molecule has 0 aromatic carbocycles. The molecule has 1 atom stereocenters. The zero-order valence-electron chi connectivity index (χ0n) is 10.6. The molecule has 17 heavy (non-hydrogen) atoms. The lowest BCUT2D eigenvalue weighted by atomic mass is 9.79. The van der Waals surface area contributed by atoms with E-state index >= 15 is 0 Å². The Balaban J connectivity index is 2.05. The summed E-state index contributed by atoms with van der Waals surface area (Å²) in [6, 6.07) is 0. The molecular weight excluding hydrogens is 218 g/mol. The van der Waals surface area contributed by atoms with Gasteiger partial charge in [-0.3, -0.25) is 0 Å². The van der Waals surface area contributed by atoms with E-state index in [4.69, 9.17) is 15.0 Å². The minimum absolute atomic E-state index is 0.286. The van der Waals surface area contributed by atoms with Crippen LogP contribution < -0.4 is 5.73 Å². The predicted molar refractivity (Wildman–Crippen MR) is 63.4 cm³/mol. The average Bonchev–Trinajstić information content (AvgIpc) is 2.74. The summed E-state index contributed by atoms with van der Waals surface area (Å²) in [4.78, 5) is 4.45. The Labute approximate surface area is 102 Å². The molecule has 1 aromatic rings. The first kappa shape index (κ1) is 12.5. The van der Waals surface area contributed by atoms with Gasteiger partial charge in [0.1, 0.15) is 5.60 Å². The highest BCUT2D eigenvalue weighted by Gasteiger charge is 2.43. The molecule has 2 N–H and O–H groups in total. The van der Waals surface area contributed by atoms with E-state index < -0.39 is 0 Å². The van der Waals surface area contributed by atoms with Crippen LogP contribution in [0.1, 0.15) is 44.3 Å². The van der Waals surface area contributed by atoms with Crippen LogP contribution in [0, 0.1) is 5.92 Å². The third-order valence-electron chi connectivity index (χ3n) is 3.80. The lowest BCUT2D eigenvalue weighted by Gasteiger charge is -2.37. The van der Waals surface area contributed by atoms with Gasteiger partial charge in [0.2, 0.25) is 11.7 Å². The first-order valence-electron chi connectivity index (χ1n) is 6.32. The fourth-order valence-corrected chi connectivity index (χ4v) is 2.18. The van der Waals surface area contributed by atoms with Crippen LogP contribution in [0.5, 0.6) is 0 Å². The zero-order valence-corrected chi connectivity index (χ0v) is 10.6. The summed E-state index contributed by atoms with van der Waals surface area (Å²) < 4.78 is 10.8. The summed E-state index contributed by atoms with van der Waals surface area (Å²) in [5, 5.41) is 4.05. The van der Waals surface area contributed by atoms with Crippen LogP contribution in [0.15, 0.2) is 4.52 Å². The molecule has 5 nitrogen and oxygen atoms in total. The highest BCUT2D eigenvalue weighted by Crippen LogP contribution is 2.42. The van der Waals surface area contributed by atoms with Gasteiger partial charge in [0.25, 0.3) is 0 Å². The Morgan fingerprint density at radius 1 is 1.53 bits per heavy atom. The van der Waals surface area contributed by atoms with Crippen molar-refractivity contribution in [3.05, 3.63) is 11.7 Å². The lowest BCUT2D eigenvalue weighted by molar-refractivity contribution is -0.0858. The predicted octanol–water partition coefficient (Wildman–Crippen LogP) is 1.62. The number of hydrogen-bond donors (Lipinski definition) is 1. The minimum Gasteiger partial charge on any atom is -0.370 e. The maximum atomic E-state index is 5.67. The lowest BCUT2D eigenvalue weighted by Crippen LogP contribution is -2.37. The van der Waals surface area contributed by atoms with E-state index in [1.54, 1.807) is 7.11 Å². The molecule has 0 spiro atoms. The fourth-order valence-electron chi connectivity index (χ4n) is 2.18. The number of nitrogens with zero attached hydrogens (tertiary/aromatic N) is 2. The van der Waals surface area contributed by atoms with Gasteiger partial charge in [0.15, 0.2) is 0 Å². The molecule has 0 amide bonds. The van der Waals surface area contributed by atoms with Crippen molar-refractivity contribution in [2.75, 3.05) is 13.7 Å². The normalized spacial score (nSPS) is 19.9. The van der Waals surface area contributed by atoms with Gasteiger partial charge in [-0.1, -0.05) is 18.5 Å². The standard InChI is InChI=1S/C12H21N3O2/c1-3-9(8-13)7-10-14-11(15-17-10)12(16-2)5-4-6-12/h9H,3-8,13H2,1-2H3. The highest BCUT2D eigenvalue weighted by molar-refractivity contribution is 5.06. The number of ether oxygens (including phenoxy) is 1. The summed E-state index contributed by atoms with van der Waals surface area (Å²) in [6.45, 7) is 2.78. The zero-order chi connectivity index (χ0) is 12.3. The SMILES string of the molecule is CCC(CN)Cc1nc(C2(OC)CCC2)no1. The Bertz CT molecular complexity index is 351. The second kappa shape index (κ2) is 5.14. The molecule has 1 fully saturated rings. The third kappa shape index (κ3) is 2.35. The first-order valence-corrected chi connectivity index (χ1v) is 6.32. The molecule has 5 heteroatoms. The number of methoxy groups -OCH3 is 1. The summed E-state index contributed by atoms with van der Waals surface area (Å²) in [7, 11) is 1.71. The molecule has 1 unspecified atom stereocenters. The van der Waals surface area contributed by atoms with Crippen LogP contribution in [0.3, 0.4) is 0 Å². The molecule has 0 radical (unpaired) electrons. The van der Waals surface area contributed by atoms with Gasteiger partial charge in [-0.2, -0.15) is 4.98 Å². The summed E-state index contributed by atoms with van der Waals surface area (Å²) in [5.41, 5.74) is 5.39.